The predicted molar refractivity (Wildman–Crippen MR) is 121 cm³/mol. The first kappa shape index (κ1) is 17.2. The Balaban J connectivity index is 1.62. The maximum atomic E-state index is 9.44. The molecule has 6 rings (SSSR count). The van der Waals surface area contributed by atoms with Crippen LogP contribution in [-0.4, -0.2) is 4.98 Å². The Kier molecular flexibility index (Phi) is 4.04. The van der Waals surface area contributed by atoms with Crippen LogP contribution in [0.1, 0.15) is 73.7 Å². The Morgan fingerprint density at radius 2 is 1.90 bits per heavy atom. The van der Waals surface area contributed by atoms with Gasteiger partial charge in [0, 0.05) is 31.8 Å². The van der Waals surface area contributed by atoms with Crippen molar-refractivity contribution in [2.75, 3.05) is 0 Å². The minimum absolute atomic E-state index is 0.455. The summed E-state index contributed by atoms with van der Waals surface area (Å²) in [6.07, 6.45) is 13.1. The van der Waals surface area contributed by atoms with Crippen molar-refractivity contribution in [3.8, 4) is 22.4 Å². The molecule has 3 aliphatic carbocycles. The highest BCUT2D eigenvalue weighted by Gasteiger charge is 2.30. The van der Waals surface area contributed by atoms with Crippen molar-refractivity contribution in [1.82, 2.24) is 4.98 Å². The molecule has 3 aromatic rings. The monoisotopic (exact) mass is 396 g/mol. The molecule has 0 saturated heterocycles. The van der Waals surface area contributed by atoms with Gasteiger partial charge in [0.2, 0.25) is 5.69 Å². The molecule has 2 heterocycles. The Bertz CT molecular complexity index is 1200. The third-order valence-electron chi connectivity index (χ3n) is 7.78. The molecule has 0 amide bonds. The number of pyridine rings is 2. The van der Waals surface area contributed by atoms with E-state index in [1.165, 1.54) is 76.0 Å². The lowest BCUT2D eigenvalue weighted by Gasteiger charge is -2.29. The summed E-state index contributed by atoms with van der Waals surface area (Å²) in [6, 6.07) is 11.3. The van der Waals surface area contributed by atoms with Gasteiger partial charge in [0.25, 0.3) is 0 Å². The molecule has 2 unspecified atom stereocenters. The van der Waals surface area contributed by atoms with Crippen molar-refractivity contribution in [2.45, 2.75) is 64.2 Å². The highest BCUT2D eigenvalue weighted by molar-refractivity contribution is 5.85. The third-order valence-corrected chi connectivity index (χ3v) is 7.78. The molecule has 1 aromatic carbocycles. The van der Waals surface area contributed by atoms with E-state index in [0.29, 0.717) is 5.92 Å². The molecular formula is C28H31N2+. The van der Waals surface area contributed by atoms with Gasteiger partial charge in [0.05, 0.1) is 5.56 Å². The summed E-state index contributed by atoms with van der Waals surface area (Å²) >= 11 is 0. The van der Waals surface area contributed by atoms with E-state index in [9.17, 15) is 1.37 Å². The van der Waals surface area contributed by atoms with Crippen LogP contribution in [0.2, 0.25) is 0 Å². The first-order valence-electron chi connectivity index (χ1n) is 12.1. The van der Waals surface area contributed by atoms with Gasteiger partial charge in [0.1, 0.15) is 7.05 Å². The normalized spacial score (nSPS) is 24.9. The van der Waals surface area contributed by atoms with E-state index in [4.69, 9.17) is 4.98 Å². The predicted octanol–water partition coefficient (Wildman–Crippen LogP) is 6.06. The molecule has 1 fully saturated rings. The summed E-state index contributed by atoms with van der Waals surface area (Å²) in [7, 11) is 2.15. The molecule has 0 aliphatic heterocycles. The van der Waals surface area contributed by atoms with Gasteiger partial charge in [-0.1, -0.05) is 31.4 Å². The zero-order valence-corrected chi connectivity index (χ0v) is 18.2. The number of hydrogen-bond donors (Lipinski definition) is 0. The van der Waals surface area contributed by atoms with Gasteiger partial charge in [0.15, 0.2) is 6.20 Å². The van der Waals surface area contributed by atoms with Crippen LogP contribution in [0.5, 0.6) is 0 Å². The Labute approximate surface area is 181 Å². The second kappa shape index (κ2) is 7.04. The Morgan fingerprint density at radius 3 is 2.83 bits per heavy atom. The van der Waals surface area contributed by atoms with E-state index >= 15 is 0 Å². The maximum absolute atomic E-state index is 9.44. The summed E-state index contributed by atoms with van der Waals surface area (Å²) in [5.41, 5.74) is 12.1. The zero-order chi connectivity index (χ0) is 21.2. The fourth-order valence-corrected chi connectivity index (χ4v) is 6.20. The number of hydrogen-bond acceptors (Lipinski definition) is 1. The fraction of sp³-hybridized carbons (Fsp3) is 0.429. The second-order valence-electron chi connectivity index (χ2n) is 9.61. The minimum Gasteiger partial charge on any atom is -0.261 e. The van der Waals surface area contributed by atoms with Crippen LogP contribution >= 0.6 is 0 Å². The third kappa shape index (κ3) is 2.84. The minimum atomic E-state index is -0.455. The average molecular weight is 397 g/mol. The lowest BCUT2D eigenvalue weighted by Crippen LogP contribution is -2.31. The van der Waals surface area contributed by atoms with Gasteiger partial charge in [-0.3, -0.25) is 4.98 Å². The Hall–Kier alpha value is -2.48. The van der Waals surface area contributed by atoms with Crippen molar-refractivity contribution in [1.29, 1.82) is 0 Å². The Morgan fingerprint density at radius 1 is 1.03 bits per heavy atom. The summed E-state index contributed by atoms with van der Waals surface area (Å²) in [5.74, 6) is 0.199. The summed E-state index contributed by atoms with van der Waals surface area (Å²) < 4.78 is 11.7. The van der Waals surface area contributed by atoms with Crippen molar-refractivity contribution in [3.63, 3.8) is 0 Å². The molecule has 2 heteroatoms. The van der Waals surface area contributed by atoms with Crippen LogP contribution in [0.3, 0.4) is 0 Å². The standard InChI is InChI=1S/C28H31N2/c1-18-9-10-22-23-11-13-29-26-8-4-6-19-5-3-7-20(15-19)21-12-14-30(2)27(16-21)28(18)25(22)17-24(23)26/h9-14,16,19-20H,3-8,15,17H2,1-2H3/q+1/i20D. The molecule has 2 aromatic heterocycles. The summed E-state index contributed by atoms with van der Waals surface area (Å²) in [6.45, 7) is 2.24. The largest absolute Gasteiger partial charge is 0.261 e. The van der Waals surface area contributed by atoms with E-state index in [-0.39, 0.29) is 0 Å². The lowest BCUT2D eigenvalue weighted by atomic mass is 9.76. The lowest BCUT2D eigenvalue weighted by molar-refractivity contribution is -0.660. The molecule has 6 bridgehead atoms. The number of benzene rings is 1. The van der Waals surface area contributed by atoms with Gasteiger partial charge >= 0.3 is 0 Å². The first-order chi connectivity index (χ1) is 15.0. The van der Waals surface area contributed by atoms with Crippen molar-refractivity contribution >= 4 is 0 Å². The molecule has 1 saturated carbocycles. The van der Waals surface area contributed by atoms with Crippen LogP contribution in [0.4, 0.5) is 0 Å². The van der Waals surface area contributed by atoms with Crippen LogP contribution in [0.15, 0.2) is 42.7 Å². The van der Waals surface area contributed by atoms with Crippen LogP contribution in [0, 0.1) is 12.8 Å². The van der Waals surface area contributed by atoms with Crippen molar-refractivity contribution in [3.05, 3.63) is 70.7 Å². The highest BCUT2D eigenvalue weighted by atomic mass is 14.9. The summed E-state index contributed by atoms with van der Waals surface area (Å²) in [4.78, 5) is 4.84. The van der Waals surface area contributed by atoms with Crippen LogP contribution in [-0.2, 0) is 19.9 Å². The maximum Gasteiger partial charge on any atom is 0.213 e. The van der Waals surface area contributed by atoms with Gasteiger partial charge < -0.3 is 0 Å². The fourth-order valence-electron chi connectivity index (χ4n) is 6.20. The van der Waals surface area contributed by atoms with Gasteiger partial charge in [-0.25, -0.2) is 4.57 Å². The average Bonchev–Trinajstić information content (AvgIpc) is 3.13. The van der Waals surface area contributed by atoms with Crippen molar-refractivity contribution < 1.29 is 5.94 Å². The molecule has 0 N–H and O–H groups in total. The zero-order valence-electron chi connectivity index (χ0n) is 19.2. The van der Waals surface area contributed by atoms with Gasteiger partial charge in [-0.2, -0.15) is 0 Å². The topological polar surface area (TPSA) is 16.8 Å². The molecular weight excluding hydrogens is 364 g/mol. The van der Waals surface area contributed by atoms with Crippen LogP contribution in [0.25, 0.3) is 22.4 Å². The molecule has 2 nitrogen and oxygen atoms in total. The molecule has 30 heavy (non-hydrogen) atoms. The number of nitrogens with zero attached hydrogens (tertiary/aromatic N) is 2. The SMILES string of the molecule is [2H]C12CCCC(CCCc3nccc4c3Cc3c-4ccc(C)c3-c3cc1cc[n+]3C)C2. The van der Waals surface area contributed by atoms with Gasteiger partial charge in [-0.05, 0) is 83.9 Å². The quantitative estimate of drug-likeness (QED) is 0.330. The van der Waals surface area contributed by atoms with E-state index < -0.39 is 5.89 Å². The second-order valence-corrected chi connectivity index (χ2v) is 9.61. The van der Waals surface area contributed by atoms with E-state index in [2.05, 4.69) is 55.1 Å². The van der Waals surface area contributed by atoms with E-state index in [1.54, 1.807) is 0 Å². The molecule has 0 radical (unpaired) electrons. The van der Waals surface area contributed by atoms with Crippen molar-refractivity contribution in [2.24, 2.45) is 13.0 Å². The molecule has 152 valence electrons. The molecule has 2 atom stereocenters. The molecule has 3 aliphatic rings. The number of aromatic nitrogens is 2. The molecule has 0 spiro atoms. The van der Waals surface area contributed by atoms with E-state index in [1.807, 2.05) is 6.20 Å². The highest BCUT2D eigenvalue weighted by Crippen LogP contribution is 2.45. The van der Waals surface area contributed by atoms with Gasteiger partial charge in [-0.15, -0.1) is 0 Å². The van der Waals surface area contributed by atoms with E-state index in [0.717, 1.165) is 25.7 Å². The number of fused-ring (bicyclic) bond motifs is 7. The number of rotatable bonds is 0. The smallest absolute Gasteiger partial charge is 0.213 e. The number of aryl methyl sites for hydroxylation is 3. The summed E-state index contributed by atoms with van der Waals surface area (Å²) in [5, 5.41) is 0. The van der Waals surface area contributed by atoms with Crippen LogP contribution < -0.4 is 4.57 Å². The first-order valence-corrected chi connectivity index (χ1v) is 11.6.